The van der Waals surface area contributed by atoms with Gasteiger partial charge in [-0.2, -0.15) is 0 Å². The zero-order chi connectivity index (χ0) is 17.4. The molecular weight excluding hydrogens is 302 g/mol. The van der Waals surface area contributed by atoms with Crippen LogP contribution in [-0.4, -0.2) is 49.8 Å². The average Bonchev–Trinajstić information content (AvgIpc) is 2.58. The Morgan fingerprint density at radius 3 is 2.46 bits per heavy atom. The van der Waals surface area contributed by atoms with Gasteiger partial charge in [-0.15, -0.1) is 0 Å². The molecule has 0 radical (unpaired) electrons. The summed E-state index contributed by atoms with van der Waals surface area (Å²) in [6, 6.07) is 8.49. The molecule has 2 rings (SSSR count). The molecule has 0 spiro atoms. The smallest absolute Gasteiger partial charge is 0.315 e. The molecule has 1 aliphatic rings. The van der Waals surface area contributed by atoms with Gasteiger partial charge in [-0.3, -0.25) is 4.90 Å². The van der Waals surface area contributed by atoms with Crippen molar-refractivity contribution < 1.29 is 9.53 Å². The lowest BCUT2D eigenvalue weighted by Crippen LogP contribution is -2.50. The summed E-state index contributed by atoms with van der Waals surface area (Å²) >= 11 is 0. The summed E-state index contributed by atoms with van der Waals surface area (Å²) in [6.45, 7) is 11.2. The fourth-order valence-corrected chi connectivity index (χ4v) is 3.01. The largest absolute Gasteiger partial charge is 0.379 e. The molecule has 1 unspecified atom stereocenters. The summed E-state index contributed by atoms with van der Waals surface area (Å²) in [5, 5.41) is 5.97. The highest BCUT2D eigenvalue weighted by Crippen LogP contribution is 2.13. The lowest BCUT2D eigenvalue weighted by atomic mass is 10.0. The van der Waals surface area contributed by atoms with E-state index in [2.05, 4.69) is 48.4 Å². The van der Waals surface area contributed by atoms with Gasteiger partial charge in [0.15, 0.2) is 0 Å². The van der Waals surface area contributed by atoms with Crippen molar-refractivity contribution in [2.75, 3.05) is 32.8 Å². The molecule has 1 aromatic carbocycles. The van der Waals surface area contributed by atoms with Crippen LogP contribution < -0.4 is 10.6 Å². The Hall–Kier alpha value is -1.59. The summed E-state index contributed by atoms with van der Waals surface area (Å²) < 4.78 is 5.44. The molecule has 0 bridgehead atoms. The standard InChI is InChI=1S/C19H31N3O2/c1-15(2)12-18(22-8-10-24-11-9-22)14-21-19(23)20-13-17-6-4-16(3)5-7-17/h4-7,15,18H,8-14H2,1-3H3,(H2,20,21,23). The predicted octanol–water partition coefficient (Wildman–Crippen LogP) is 2.54. The molecule has 1 aliphatic heterocycles. The maximum Gasteiger partial charge on any atom is 0.315 e. The first-order chi connectivity index (χ1) is 11.5. The molecule has 2 N–H and O–H groups in total. The summed E-state index contributed by atoms with van der Waals surface area (Å²) in [5.74, 6) is 0.607. The van der Waals surface area contributed by atoms with E-state index in [9.17, 15) is 4.79 Å². The molecular formula is C19H31N3O2. The molecule has 1 fully saturated rings. The molecule has 0 aliphatic carbocycles. The first-order valence-electron chi connectivity index (χ1n) is 8.93. The van der Waals surface area contributed by atoms with Crippen LogP contribution in [-0.2, 0) is 11.3 Å². The van der Waals surface area contributed by atoms with Gasteiger partial charge in [0, 0.05) is 32.2 Å². The van der Waals surface area contributed by atoms with Crippen molar-refractivity contribution >= 4 is 6.03 Å². The van der Waals surface area contributed by atoms with Gasteiger partial charge < -0.3 is 15.4 Å². The summed E-state index contributed by atoms with van der Waals surface area (Å²) in [7, 11) is 0. The predicted molar refractivity (Wildman–Crippen MR) is 97.1 cm³/mol. The maximum absolute atomic E-state index is 12.1. The van der Waals surface area contributed by atoms with E-state index >= 15 is 0 Å². The van der Waals surface area contributed by atoms with Crippen LogP contribution in [0.2, 0.25) is 0 Å². The number of aryl methyl sites for hydroxylation is 1. The molecule has 1 saturated heterocycles. The van der Waals surface area contributed by atoms with E-state index in [-0.39, 0.29) is 6.03 Å². The van der Waals surface area contributed by atoms with Crippen LogP contribution in [0.1, 0.15) is 31.4 Å². The molecule has 0 aromatic heterocycles. The van der Waals surface area contributed by atoms with E-state index < -0.39 is 0 Å². The second-order valence-corrected chi connectivity index (χ2v) is 6.98. The number of amides is 2. The van der Waals surface area contributed by atoms with Gasteiger partial charge in [-0.25, -0.2) is 4.79 Å². The van der Waals surface area contributed by atoms with Gasteiger partial charge in [0.25, 0.3) is 0 Å². The zero-order valence-corrected chi connectivity index (χ0v) is 15.2. The van der Waals surface area contributed by atoms with E-state index in [0.29, 0.717) is 25.0 Å². The minimum atomic E-state index is -0.0995. The maximum atomic E-state index is 12.1. The van der Waals surface area contributed by atoms with Gasteiger partial charge in [0.1, 0.15) is 0 Å². The van der Waals surface area contributed by atoms with Crippen molar-refractivity contribution in [1.29, 1.82) is 0 Å². The van der Waals surface area contributed by atoms with Crippen LogP contribution in [0.5, 0.6) is 0 Å². The number of rotatable bonds is 7. The number of carbonyl (C=O) groups excluding carboxylic acids is 1. The summed E-state index contributed by atoms with van der Waals surface area (Å²) in [4.78, 5) is 14.5. The van der Waals surface area contributed by atoms with Crippen LogP contribution in [0.3, 0.4) is 0 Å². The van der Waals surface area contributed by atoms with Gasteiger partial charge in [-0.05, 0) is 24.8 Å². The normalized spacial score (nSPS) is 16.8. The molecule has 1 aromatic rings. The van der Waals surface area contributed by atoms with E-state index in [1.165, 1.54) is 5.56 Å². The molecule has 1 heterocycles. The van der Waals surface area contributed by atoms with Crippen molar-refractivity contribution in [3.8, 4) is 0 Å². The van der Waals surface area contributed by atoms with E-state index in [4.69, 9.17) is 4.74 Å². The van der Waals surface area contributed by atoms with Crippen LogP contribution >= 0.6 is 0 Å². The monoisotopic (exact) mass is 333 g/mol. The van der Waals surface area contributed by atoms with Gasteiger partial charge in [0.2, 0.25) is 0 Å². The fourth-order valence-electron chi connectivity index (χ4n) is 3.01. The van der Waals surface area contributed by atoms with Crippen molar-refractivity contribution in [1.82, 2.24) is 15.5 Å². The minimum Gasteiger partial charge on any atom is -0.379 e. The van der Waals surface area contributed by atoms with Crippen molar-refractivity contribution in [3.05, 3.63) is 35.4 Å². The highest BCUT2D eigenvalue weighted by atomic mass is 16.5. The molecule has 5 heteroatoms. The lowest BCUT2D eigenvalue weighted by molar-refractivity contribution is 0.0129. The number of nitrogens with zero attached hydrogens (tertiary/aromatic N) is 1. The van der Waals surface area contributed by atoms with E-state index in [1.807, 2.05) is 12.1 Å². The van der Waals surface area contributed by atoms with Crippen LogP contribution in [0.25, 0.3) is 0 Å². The van der Waals surface area contributed by atoms with Gasteiger partial charge in [-0.1, -0.05) is 43.7 Å². The third-order valence-corrected chi connectivity index (χ3v) is 4.38. The SMILES string of the molecule is Cc1ccc(CNC(=O)NCC(CC(C)C)N2CCOCC2)cc1. The molecule has 1 atom stereocenters. The van der Waals surface area contributed by atoms with Gasteiger partial charge in [0.05, 0.1) is 13.2 Å². The lowest BCUT2D eigenvalue weighted by Gasteiger charge is -2.35. The first kappa shape index (κ1) is 18.7. The van der Waals surface area contributed by atoms with Crippen molar-refractivity contribution in [2.24, 2.45) is 5.92 Å². The highest BCUT2D eigenvalue weighted by Gasteiger charge is 2.22. The molecule has 2 amide bonds. The Morgan fingerprint density at radius 1 is 1.17 bits per heavy atom. The Kier molecular flexibility index (Phi) is 7.53. The average molecular weight is 333 g/mol. The number of benzene rings is 1. The van der Waals surface area contributed by atoms with Crippen LogP contribution in [0.15, 0.2) is 24.3 Å². The number of urea groups is 1. The number of hydrogen-bond donors (Lipinski definition) is 2. The fraction of sp³-hybridized carbons (Fsp3) is 0.632. The highest BCUT2D eigenvalue weighted by molar-refractivity contribution is 5.73. The zero-order valence-electron chi connectivity index (χ0n) is 15.2. The van der Waals surface area contributed by atoms with Crippen molar-refractivity contribution in [2.45, 2.75) is 39.8 Å². The van der Waals surface area contributed by atoms with Crippen molar-refractivity contribution in [3.63, 3.8) is 0 Å². The third-order valence-electron chi connectivity index (χ3n) is 4.38. The molecule has 5 nitrogen and oxygen atoms in total. The number of hydrogen-bond acceptors (Lipinski definition) is 3. The van der Waals surface area contributed by atoms with E-state index in [1.54, 1.807) is 0 Å². The van der Waals surface area contributed by atoms with Crippen LogP contribution in [0.4, 0.5) is 4.79 Å². The topological polar surface area (TPSA) is 53.6 Å². The Bertz CT molecular complexity index is 496. The molecule has 24 heavy (non-hydrogen) atoms. The Morgan fingerprint density at radius 2 is 1.83 bits per heavy atom. The number of morpholine rings is 1. The van der Waals surface area contributed by atoms with E-state index in [0.717, 1.165) is 38.3 Å². The first-order valence-corrected chi connectivity index (χ1v) is 8.93. The Labute approximate surface area is 145 Å². The minimum absolute atomic E-state index is 0.0995. The number of ether oxygens (including phenoxy) is 1. The summed E-state index contributed by atoms with van der Waals surface area (Å²) in [6.07, 6.45) is 1.08. The van der Waals surface area contributed by atoms with Gasteiger partial charge >= 0.3 is 6.03 Å². The second kappa shape index (κ2) is 9.64. The van der Waals surface area contributed by atoms with Crippen LogP contribution in [0, 0.1) is 12.8 Å². The third kappa shape index (κ3) is 6.49. The number of carbonyl (C=O) groups is 1. The number of nitrogens with one attached hydrogen (secondary N) is 2. The second-order valence-electron chi connectivity index (χ2n) is 6.98. The molecule has 134 valence electrons. The molecule has 0 saturated carbocycles. The Balaban J connectivity index is 1.77. The summed E-state index contributed by atoms with van der Waals surface area (Å²) in [5.41, 5.74) is 2.34. The quantitative estimate of drug-likeness (QED) is 0.806.